The van der Waals surface area contributed by atoms with Gasteiger partial charge in [0.25, 0.3) is 0 Å². The number of hydrogen-bond acceptors (Lipinski definition) is 1. The Morgan fingerprint density at radius 2 is 2.23 bits per heavy atom. The van der Waals surface area contributed by atoms with Crippen LogP contribution < -0.4 is 5.32 Å². The van der Waals surface area contributed by atoms with E-state index < -0.39 is 0 Å². The van der Waals surface area contributed by atoms with E-state index in [1.54, 1.807) is 6.07 Å². The fourth-order valence-corrected chi connectivity index (χ4v) is 1.65. The Morgan fingerprint density at radius 3 is 2.85 bits per heavy atom. The summed E-state index contributed by atoms with van der Waals surface area (Å²) in [6, 6.07) is 3.05. The maximum absolute atomic E-state index is 12.9. The zero-order valence-corrected chi connectivity index (χ0v) is 9.54. The van der Waals surface area contributed by atoms with Gasteiger partial charge in [0, 0.05) is 5.02 Å². The maximum atomic E-state index is 12.9. The van der Waals surface area contributed by atoms with Gasteiger partial charge in [-0.3, -0.25) is 0 Å². The summed E-state index contributed by atoms with van der Waals surface area (Å²) < 4.78 is 13.4. The van der Waals surface area contributed by atoms with Crippen LogP contribution in [0.4, 0.5) is 4.39 Å². The van der Waals surface area contributed by atoms with Crippen LogP contribution in [0, 0.1) is 5.82 Å². The molecule has 0 unspecified atom stereocenters. The first-order valence-corrected chi connectivity index (χ1v) is 5.10. The molecule has 1 N–H and O–H groups in total. The van der Waals surface area contributed by atoms with Crippen LogP contribution in [-0.4, -0.2) is 13.6 Å². The number of likely N-dealkylation sites (N-methyl/N-ethyl adjacent to an activating group) is 1. The van der Waals surface area contributed by atoms with Gasteiger partial charge >= 0.3 is 0 Å². The van der Waals surface area contributed by atoms with E-state index in [2.05, 4.69) is 21.2 Å². The minimum absolute atomic E-state index is 0.321. The Morgan fingerprint density at radius 1 is 1.54 bits per heavy atom. The summed E-state index contributed by atoms with van der Waals surface area (Å²) >= 11 is 8.97. The number of benzene rings is 1. The lowest BCUT2D eigenvalue weighted by atomic mass is 10.1. The minimum Gasteiger partial charge on any atom is -0.319 e. The average molecular weight is 267 g/mol. The molecular formula is C9H10BrClFN. The van der Waals surface area contributed by atoms with Gasteiger partial charge in [0.2, 0.25) is 0 Å². The van der Waals surface area contributed by atoms with Crippen molar-refractivity contribution in [3.63, 3.8) is 0 Å². The summed E-state index contributed by atoms with van der Waals surface area (Å²) in [6.07, 6.45) is 0.800. The summed E-state index contributed by atoms with van der Waals surface area (Å²) in [6.45, 7) is 0.831. The van der Waals surface area contributed by atoms with E-state index in [0.717, 1.165) is 18.5 Å². The Balaban J connectivity index is 2.88. The molecule has 0 aliphatic carbocycles. The van der Waals surface area contributed by atoms with Crippen LogP contribution in [0.2, 0.25) is 5.02 Å². The highest BCUT2D eigenvalue weighted by atomic mass is 79.9. The zero-order chi connectivity index (χ0) is 9.84. The molecular weight excluding hydrogens is 256 g/mol. The van der Waals surface area contributed by atoms with Gasteiger partial charge < -0.3 is 5.32 Å². The van der Waals surface area contributed by atoms with Crippen molar-refractivity contribution in [3.05, 3.63) is 33.0 Å². The van der Waals surface area contributed by atoms with Crippen molar-refractivity contribution in [1.29, 1.82) is 0 Å². The highest BCUT2D eigenvalue weighted by Gasteiger charge is 2.05. The van der Waals surface area contributed by atoms with Crippen molar-refractivity contribution in [2.24, 2.45) is 0 Å². The Hall–Kier alpha value is -0.120. The quantitative estimate of drug-likeness (QED) is 0.829. The third kappa shape index (κ3) is 2.93. The first-order chi connectivity index (χ1) is 6.15. The van der Waals surface area contributed by atoms with Crippen LogP contribution in [-0.2, 0) is 6.42 Å². The second-order valence-corrected chi connectivity index (χ2v) is 3.97. The lowest BCUT2D eigenvalue weighted by Gasteiger charge is -2.05. The van der Waals surface area contributed by atoms with Crippen LogP contribution in [0.1, 0.15) is 5.56 Å². The SMILES string of the molecule is CNCCc1cc(Br)c(F)cc1Cl. The highest BCUT2D eigenvalue weighted by molar-refractivity contribution is 9.10. The van der Waals surface area contributed by atoms with Crippen LogP contribution in [0.3, 0.4) is 0 Å². The predicted octanol–water partition coefficient (Wildman–Crippen LogP) is 3.00. The van der Waals surface area contributed by atoms with Gasteiger partial charge in [0.15, 0.2) is 0 Å². The molecule has 0 saturated heterocycles. The molecule has 13 heavy (non-hydrogen) atoms. The molecule has 0 amide bonds. The molecule has 0 bridgehead atoms. The van der Waals surface area contributed by atoms with Crippen molar-refractivity contribution >= 4 is 27.5 Å². The molecule has 1 aromatic rings. The van der Waals surface area contributed by atoms with Crippen molar-refractivity contribution in [3.8, 4) is 0 Å². The topological polar surface area (TPSA) is 12.0 Å². The second-order valence-electron chi connectivity index (χ2n) is 2.71. The van der Waals surface area contributed by atoms with Crippen LogP contribution in [0.5, 0.6) is 0 Å². The monoisotopic (exact) mass is 265 g/mol. The normalized spacial score (nSPS) is 10.5. The van der Waals surface area contributed by atoms with E-state index in [1.165, 1.54) is 6.07 Å². The molecule has 0 saturated carbocycles. The number of halogens is 3. The van der Waals surface area contributed by atoms with E-state index in [4.69, 9.17) is 11.6 Å². The zero-order valence-electron chi connectivity index (χ0n) is 7.20. The van der Waals surface area contributed by atoms with E-state index in [0.29, 0.717) is 9.50 Å². The second kappa shape index (κ2) is 4.94. The average Bonchev–Trinajstić information content (AvgIpc) is 2.09. The standard InChI is InChI=1S/C9H10BrClFN/c1-13-3-2-6-4-7(10)9(12)5-8(6)11/h4-5,13H,2-3H2,1H3. The molecule has 4 heteroatoms. The third-order valence-corrected chi connectivity index (χ3v) is 2.69. The molecule has 0 aromatic heterocycles. The molecule has 0 heterocycles. The molecule has 0 fully saturated rings. The lowest BCUT2D eigenvalue weighted by Crippen LogP contribution is -2.10. The molecule has 72 valence electrons. The van der Waals surface area contributed by atoms with E-state index >= 15 is 0 Å². The smallest absolute Gasteiger partial charge is 0.138 e. The maximum Gasteiger partial charge on any atom is 0.138 e. The molecule has 1 rings (SSSR count). The summed E-state index contributed by atoms with van der Waals surface area (Å²) in [5.41, 5.74) is 0.948. The molecule has 0 aliphatic rings. The fourth-order valence-electron chi connectivity index (χ4n) is 1.02. The molecule has 0 atom stereocenters. The van der Waals surface area contributed by atoms with Crippen molar-refractivity contribution in [2.75, 3.05) is 13.6 Å². The molecule has 0 spiro atoms. The molecule has 1 aromatic carbocycles. The van der Waals surface area contributed by atoms with Gasteiger partial charge in [-0.15, -0.1) is 0 Å². The highest BCUT2D eigenvalue weighted by Crippen LogP contribution is 2.24. The largest absolute Gasteiger partial charge is 0.319 e. The Labute approximate surface area is 90.4 Å². The summed E-state index contributed by atoms with van der Waals surface area (Å²) in [5, 5.41) is 3.49. The van der Waals surface area contributed by atoms with Crippen LogP contribution >= 0.6 is 27.5 Å². The summed E-state index contributed by atoms with van der Waals surface area (Å²) in [4.78, 5) is 0. The van der Waals surface area contributed by atoms with Gasteiger partial charge in [-0.1, -0.05) is 11.6 Å². The fraction of sp³-hybridized carbons (Fsp3) is 0.333. The first-order valence-electron chi connectivity index (χ1n) is 3.93. The number of nitrogens with one attached hydrogen (secondary N) is 1. The summed E-state index contributed by atoms with van der Waals surface area (Å²) in [7, 11) is 1.87. The Bertz CT molecular complexity index is 304. The lowest BCUT2D eigenvalue weighted by molar-refractivity contribution is 0.620. The van der Waals surface area contributed by atoms with Gasteiger partial charge in [0.05, 0.1) is 4.47 Å². The van der Waals surface area contributed by atoms with E-state index in [-0.39, 0.29) is 5.82 Å². The van der Waals surface area contributed by atoms with Crippen LogP contribution in [0.25, 0.3) is 0 Å². The van der Waals surface area contributed by atoms with Gasteiger partial charge in [-0.05, 0) is 53.6 Å². The first kappa shape index (κ1) is 11.0. The van der Waals surface area contributed by atoms with Crippen molar-refractivity contribution in [1.82, 2.24) is 5.32 Å². The van der Waals surface area contributed by atoms with Gasteiger partial charge in [-0.25, -0.2) is 4.39 Å². The van der Waals surface area contributed by atoms with Gasteiger partial charge in [0.1, 0.15) is 5.82 Å². The minimum atomic E-state index is -0.321. The third-order valence-electron chi connectivity index (χ3n) is 1.73. The molecule has 1 nitrogen and oxygen atoms in total. The van der Waals surface area contributed by atoms with Crippen LogP contribution in [0.15, 0.2) is 16.6 Å². The van der Waals surface area contributed by atoms with Crippen molar-refractivity contribution < 1.29 is 4.39 Å². The van der Waals surface area contributed by atoms with E-state index in [1.807, 2.05) is 7.05 Å². The predicted molar refractivity (Wildman–Crippen MR) is 56.7 cm³/mol. The van der Waals surface area contributed by atoms with E-state index in [9.17, 15) is 4.39 Å². The summed E-state index contributed by atoms with van der Waals surface area (Å²) in [5.74, 6) is -0.321. The number of rotatable bonds is 3. The number of hydrogen-bond donors (Lipinski definition) is 1. The van der Waals surface area contributed by atoms with Crippen molar-refractivity contribution in [2.45, 2.75) is 6.42 Å². The molecule has 0 radical (unpaired) electrons. The Kier molecular flexibility index (Phi) is 4.16. The molecule has 0 aliphatic heterocycles. The van der Waals surface area contributed by atoms with Gasteiger partial charge in [-0.2, -0.15) is 0 Å².